The average molecular weight is 613 g/mol. The smallest absolute Gasteiger partial charge is 0.411 e. The van der Waals surface area contributed by atoms with Gasteiger partial charge in [-0.1, -0.05) is 6.07 Å². The maximum Gasteiger partial charge on any atom is 0.411 e. The molecule has 7 rings (SSSR count). The zero-order valence-corrected chi connectivity index (χ0v) is 25.8. The van der Waals surface area contributed by atoms with Crippen molar-refractivity contribution in [1.82, 2.24) is 28.8 Å². The Hall–Kier alpha value is -4.80. The first kappa shape index (κ1) is 28.9. The minimum atomic E-state index is -0.685. The predicted octanol–water partition coefficient (Wildman–Crippen LogP) is 6.64. The molecule has 2 aromatic carbocycles. The Kier molecular flexibility index (Phi) is 6.68. The molecule has 1 amide bonds. The maximum atomic E-state index is 15.8. The number of imidazole rings is 1. The Morgan fingerprint density at radius 2 is 1.73 bits per heavy atom. The lowest BCUT2D eigenvalue weighted by atomic mass is 9.83. The maximum absolute atomic E-state index is 15.8. The van der Waals surface area contributed by atoms with E-state index in [4.69, 9.17) is 9.84 Å². The van der Waals surface area contributed by atoms with Crippen LogP contribution >= 0.6 is 0 Å². The summed E-state index contributed by atoms with van der Waals surface area (Å²) in [6, 6.07) is 7.91. The standard InChI is InChI=1S/C34H34F2N6O3/c1-19-15-23(16-20(2)29(19)35)42-31(28-25(38-42)17-22-7-6-8-26(28)41(22)33(44)45-34(3,4)5)40-14-13-39(32(40)43)27-10-9-21-11-12-37-18-24(21)30(27)36/h9-16,18,22,26H,6-8,17H2,1-5H3/t22-,26+/m1/s1. The summed E-state index contributed by atoms with van der Waals surface area (Å²) < 4.78 is 40.7. The third-order valence-electron chi connectivity index (χ3n) is 8.75. The van der Waals surface area contributed by atoms with Gasteiger partial charge in [0.25, 0.3) is 0 Å². The van der Waals surface area contributed by atoms with Crippen molar-refractivity contribution in [3.8, 4) is 17.2 Å². The zero-order chi connectivity index (χ0) is 31.8. The number of benzene rings is 2. The Morgan fingerprint density at radius 3 is 2.47 bits per heavy atom. The van der Waals surface area contributed by atoms with E-state index in [1.54, 1.807) is 66.2 Å². The molecule has 2 aliphatic heterocycles. The minimum Gasteiger partial charge on any atom is -0.444 e. The normalized spacial score (nSPS) is 17.9. The molecule has 0 aliphatic carbocycles. The van der Waals surface area contributed by atoms with Crippen molar-refractivity contribution in [2.75, 3.05) is 0 Å². The molecule has 5 heterocycles. The summed E-state index contributed by atoms with van der Waals surface area (Å²) in [5.74, 6) is -0.443. The van der Waals surface area contributed by atoms with Gasteiger partial charge in [0, 0.05) is 48.2 Å². The van der Waals surface area contributed by atoms with Crippen LogP contribution in [0, 0.1) is 25.5 Å². The van der Waals surface area contributed by atoms with E-state index >= 15 is 4.39 Å². The van der Waals surface area contributed by atoms with E-state index in [2.05, 4.69) is 4.98 Å². The lowest BCUT2D eigenvalue weighted by Crippen LogP contribution is -2.51. The number of aryl methyl sites for hydroxylation is 2. The van der Waals surface area contributed by atoms with Gasteiger partial charge < -0.3 is 4.74 Å². The number of aromatic nitrogens is 5. The van der Waals surface area contributed by atoms with Crippen molar-refractivity contribution in [3.63, 3.8) is 0 Å². The average Bonchev–Trinajstić information content (AvgIpc) is 3.54. The lowest BCUT2D eigenvalue weighted by molar-refractivity contribution is -0.00974. The van der Waals surface area contributed by atoms with Crippen molar-refractivity contribution < 1.29 is 18.3 Å². The number of halogens is 2. The Balaban J connectivity index is 1.45. The third kappa shape index (κ3) is 4.72. The fraction of sp³-hybridized carbons (Fsp3) is 0.353. The van der Waals surface area contributed by atoms with Crippen molar-refractivity contribution in [2.45, 2.75) is 78.0 Å². The third-order valence-corrected chi connectivity index (χ3v) is 8.75. The molecule has 0 saturated carbocycles. The van der Waals surface area contributed by atoms with Crippen LogP contribution in [0.15, 0.2) is 59.9 Å². The Bertz CT molecular complexity index is 2030. The van der Waals surface area contributed by atoms with E-state index in [9.17, 15) is 14.0 Å². The summed E-state index contributed by atoms with van der Waals surface area (Å²) in [5.41, 5.74) is 1.85. The summed E-state index contributed by atoms with van der Waals surface area (Å²) in [5, 5.41) is 5.98. The molecule has 3 aromatic heterocycles. The molecule has 0 radical (unpaired) electrons. The van der Waals surface area contributed by atoms with Crippen LogP contribution in [0.3, 0.4) is 0 Å². The van der Waals surface area contributed by atoms with Gasteiger partial charge in [-0.05, 0) is 94.7 Å². The topological polar surface area (TPSA) is 87.2 Å². The van der Waals surface area contributed by atoms with Gasteiger partial charge >= 0.3 is 11.8 Å². The number of nitrogens with zero attached hydrogens (tertiary/aromatic N) is 6. The number of piperidine rings is 1. The lowest BCUT2D eigenvalue weighted by Gasteiger charge is -2.45. The van der Waals surface area contributed by atoms with Crippen molar-refractivity contribution in [2.24, 2.45) is 0 Å². The molecular formula is C34H34F2N6O3. The molecule has 2 aliphatic rings. The quantitative estimate of drug-likeness (QED) is 0.228. The number of rotatable bonds is 3. The molecule has 0 unspecified atom stereocenters. The second-order valence-corrected chi connectivity index (χ2v) is 13.0. The van der Waals surface area contributed by atoms with Gasteiger partial charge in [-0.25, -0.2) is 23.1 Å². The molecule has 45 heavy (non-hydrogen) atoms. The highest BCUT2D eigenvalue weighted by atomic mass is 19.1. The molecule has 1 fully saturated rings. The van der Waals surface area contributed by atoms with E-state index in [1.165, 1.54) is 21.5 Å². The first-order chi connectivity index (χ1) is 21.4. The number of pyridine rings is 1. The van der Waals surface area contributed by atoms with Crippen LogP contribution in [0.25, 0.3) is 28.0 Å². The number of carbonyl (C=O) groups excluding carboxylic acids is 1. The molecular weight excluding hydrogens is 578 g/mol. The molecule has 11 heteroatoms. The number of hydrogen-bond acceptors (Lipinski definition) is 5. The van der Waals surface area contributed by atoms with Gasteiger partial charge in [0.2, 0.25) is 0 Å². The number of ether oxygens (including phenoxy) is 1. The Labute approximate surface area is 258 Å². The molecule has 2 bridgehead atoms. The van der Waals surface area contributed by atoms with Crippen LogP contribution < -0.4 is 5.69 Å². The van der Waals surface area contributed by atoms with Gasteiger partial charge in [0.1, 0.15) is 17.2 Å². The van der Waals surface area contributed by atoms with Crippen LogP contribution in [0.4, 0.5) is 13.6 Å². The van der Waals surface area contributed by atoms with E-state index < -0.39 is 29.2 Å². The predicted molar refractivity (Wildman–Crippen MR) is 165 cm³/mol. The van der Waals surface area contributed by atoms with E-state index in [1.807, 2.05) is 20.8 Å². The molecule has 5 aromatic rings. The van der Waals surface area contributed by atoms with Crippen LogP contribution in [-0.4, -0.2) is 46.5 Å². The highest BCUT2D eigenvalue weighted by molar-refractivity contribution is 5.84. The molecule has 0 spiro atoms. The van der Waals surface area contributed by atoms with Gasteiger partial charge in [-0.15, -0.1) is 0 Å². The van der Waals surface area contributed by atoms with E-state index in [0.29, 0.717) is 46.2 Å². The largest absolute Gasteiger partial charge is 0.444 e. The van der Waals surface area contributed by atoms with Gasteiger partial charge in [0.15, 0.2) is 5.82 Å². The number of amides is 1. The Morgan fingerprint density at radius 1 is 1.00 bits per heavy atom. The fourth-order valence-electron chi connectivity index (χ4n) is 6.81. The van der Waals surface area contributed by atoms with Crippen LogP contribution in [0.2, 0.25) is 0 Å². The molecule has 2 atom stereocenters. The summed E-state index contributed by atoms with van der Waals surface area (Å²) >= 11 is 0. The zero-order valence-electron chi connectivity index (χ0n) is 25.8. The summed E-state index contributed by atoms with van der Waals surface area (Å²) in [6.07, 6.45) is 8.54. The van der Waals surface area contributed by atoms with Crippen LogP contribution in [0.5, 0.6) is 0 Å². The van der Waals surface area contributed by atoms with Gasteiger partial charge in [-0.2, -0.15) is 5.10 Å². The molecule has 232 valence electrons. The fourth-order valence-corrected chi connectivity index (χ4v) is 6.81. The first-order valence-corrected chi connectivity index (χ1v) is 15.2. The van der Waals surface area contributed by atoms with E-state index in [-0.39, 0.29) is 17.5 Å². The molecule has 0 N–H and O–H groups in total. The highest BCUT2D eigenvalue weighted by Gasteiger charge is 2.46. The monoisotopic (exact) mass is 612 g/mol. The summed E-state index contributed by atoms with van der Waals surface area (Å²) in [6.45, 7) is 8.88. The van der Waals surface area contributed by atoms with Crippen LogP contribution in [-0.2, 0) is 11.2 Å². The second kappa shape index (κ2) is 10.4. The highest BCUT2D eigenvalue weighted by Crippen LogP contribution is 2.45. The summed E-state index contributed by atoms with van der Waals surface area (Å²) in [4.78, 5) is 33.7. The first-order valence-electron chi connectivity index (χ1n) is 15.2. The number of hydrogen-bond donors (Lipinski definition) is 0. The molecule has 9 nitrogen and oxygen atoms in total. The molecule has 1 saturated heterocycles. The SMILES string of the molecule is Cc1cc(-n2nc3c(c2-n2ccn(-c4ccc5ccncc5c4F)c2=O)[C@@H]2CCC[C@H](C3)N2C(=O)OC(C)(C)C)cc(C)c1F. The van der Waals surface area contributed by atoms with Crippen molar-refractivity contribution in [3.05, 3.63) is 99.6 Å². The van der Waals surface area contributed by atoms with E-state index in [0.717, 1.165) is 24.1 Å². The summed E-state index contributed by atoms with van der Waals surface area (Å²) in [7, 11) is 0. The van der Waals surface area contributed by atoms with Crippen molar-refractivity contribution in [1.29, 1.82) is 0 Å². The number of carbonyl (C=O) groups is 1. The van der Waals surface area contributed by atoms with Crippen LogP contribution in [0.1, 0.15) is 68.5 Å². The van der Waals surface area contributed by atoms with Gasteiger partial charge in [0.05, 0.1) is 23.1 Å². The minimum absolute atomic E-state index is 0.0840. The van der Waals surface area contributed by atoms with Crippen molar-refractivity contribution >= 4 is 16.9 Å². The second-order valence-electron chi connectivity index (χ2n) is 13.0. The number of fused-ring (bicyclic) bond motifs is 5. The van der Waals surface area contributed by atoms with Gasteiger partial charge in [-0.3, -0.25) is 19.0 Å².